The second kappa shape index (κ2) is 9.69. The van der Waals surface area contributed by atoms with Crippen LogP contribution in [0.5, 0.6) is 0 Å². The average molecular weight is 377 g/mol. The van der Waals surface area contributed by atoms with Crippen LogP contribution >= 0.6 is 0 Å². The summed E-state index contributed by atoms with van der Waals surface area (Å²) >= 11 is 0. The van der Waals surface area contributed by atoms with Gasteiger partial charge in [-0.25, -0.2) is 4.98 Å². The van der Waals surface area contributed by atoms with Gasteiger partial charge in [-0.05, 0) is 33.1 Å². The highest BCUT2D eigenvalue weighted by Crippen LogP contribution is 2.28. The number of unbranched alkanes of at least 4 members (excludes halogenated alkanes) is 1. The molecular weight excluding hydrogens is 340 g/mol. The van der Waals surface area contributed by atoms with Gasteiger partial charge in [0.25, 0.3) is 0 Å². The van der Waals surface area contributed by atoms with Crippen molar-refractivity contribution in [2.75, 3.05) is 32.8 Å². The number of ether oxygens (including phenoxy) is 1. The molecule has 0 N–H and O–H groups in total. The van der Waals surface area contributed by atoms with Crippen molar-refractivity contribution in [3.8, 4) is 0 Å². The van der Waals surface area contributed by atoms with Crippen molar-refractivity contribution < 1.29 is 9.53 Å². The van der Waals surface area contributed by atoms with Gasteiger partial charge in [0.05, 0.1) is 19.1 Å². The predicted octanol–water partition coefficient (Wildman–Crippen LogP) is 2.89. The zero-order valence-electron chi connectivity index (χ0n) is 17.3. The van der Waals surface area contributed by atoms with Crippen LogP contribution in [-0.4, -0.2) is 70.2 Å². The lowest BCUT2D eigenvalue weighted by Crippen LogP contribution is -2.48. The van der Waals surface area contributed by atoms with Crippen LogP contribution in [0.4, 0.5) is 0 Å². The van der Waals surface area contributed by atoms with Crippen LogP contribution < -0.4 is 0 Å². The van der Waals surface area contributed by atoms with Gasteiger partial charge in [-0.2, -0.15) is 0 Å². The third-order valence-corrected chi connectivity index (χ3v) is 6.02. The molecule has 1 aromatic rings. The molecule has 6 heteroatoms. The summed E-state index contributed by atoms with van der Waals surface area (Å²) in [5.41, 5.74) is 0. The monoisotopic (exact) mass is 376 g/mol. The van der Waals surface area contributed by atoms with E-state index in [2.05, 4.69) is 41.4 Å². The van der Waals surface area contributed by atoms with Gasteiger partial charge in [-0.15, -0.1) is 0 Å². The molecule has 1 aromatic heterocycles. The summed E-state index contributed by atoms with van der Waals surface area (Å²) in [7, 11) is 0. The molecule has 3 rings (SSSR count). The molecule has 2 aliphatic heterocycles. The summed E-state index contributed by atoms with van der Waals surface area (Å²) in [5.74, 6) is 1.93. The normalized spacial score (nSPS) is 22.5. The minimum absolute atomic E-state index is 0.0410. The van der Waals surface area contributed by atoms with Crippen LogP contribution in [0.1, 0.15) is 64.6 Å². The third kappa shape index (κ3) is 5.32. The topological polar surface area (TPSA) is 50.6 Å². The zero-order chi connectivity index (χ0) is 19.2. The molecule has 2 saturated heterocycles. The maximum absolute atomic E-state index is 12.8. The Morgan fingerprint density at radius 2 is 2.07 bits per heavy atom. The Balaban J connectivity index is 1.47. The fraction of sp³-hybridized carbons (Fsp3) is 0.810. The van der Waals surface area contributed by atoms with E-state index in [1.807, 2.05) is 11.1 Å². The molecule has 0 saturated carbocycles. The first kappa shape index (κ1) is 20.3. The van der Waals surface area contributed by atoms with Gasteiger partial charge in [0, 0.05) is 57.1 Å². The molecule has 0 aromatic carbocycles. The Morgan fingerprint density at radius 1 is 1.30 bits per heavy atom. The SMILES string of the molecule is CCCCn1ccnc1C1CCN(C(=O)C[C@H]2CN(C(C)C)CCO2)CC1. The van der Waals surface area contributed by atoms with Crippen LogP contribution in [0.15, 0.2) is 12.4 Å². The molecule has 3 heterocycles. The first-order chi connectivity index (χ1) is 13.1. The van der Waals surface area contributed by atoms with Crippen LogP contribution in [-0.2, 0) is 16.1 Å². The smallest absolute Gasteiger partial charge is 0.225 e. The highest BCUT2D eigenvalue weighted by molar-refractivity contribution is 5.76. The van der Waals surface area contributed by atoms with Gasteiger partial charge >= 0.3 is 0 Å². The number of rotatable bonds is 7. The van der Waals surface area contributed by atoms with Crippen molar-refractivity contribution in [1.82, 2.24) is 19.4 Å². The van der Waals surface area contributed by atoms with E-state index in [4.69, 9.17) is 4.74 Å². The summed E-state index contributed by atoms with van der Waals surface area (Å²) in [6.45, 7) is 11.9. The van der Waals surface area contributed by atoms with Crippen molar-refractivity contribution >= 4 is 5.91 Å². The number of carbonyl (C=O) groups excluding carboxylic acids is 1. The summed E-state index contributed by atoms with van der Waals surface area (Å²) in [4.78, 5) is 21.8. The van der Waals surface area contributed by atoms with Gasteiger partial charge in [0.15, 0.2) is 0 Å². The number of piperidine rings is 1. The van der Waals surface area contributed by atoms with Gasteiger partial charge in [0.2, 0.25) is 5.91 Å². The van der Waals surface area contributed by atoms with E-state index in [1.54, 1.807) is 0 Å². The number of aryl methyl sites for hydroxylation is 1. The molecule has 0 bridgehead atoms. The molecule has 0 unspecified atom stereocenters. The molecule has 0 radical (unpaired) electrons. The molecule has 1 atom stereocenters. The summed E-state index contributed by atoms with van der Waals surface area (Å²) < 4.78 is 8.16. The molecule has 2 aliphatic rings. The Kier molecular flexibility index (Phi) is 7.30. The maximum Gasteiger partial charge on any atom is 0.225 e. The van der Waals surface area contributed by atoms with Gasteiger partial charge in [0.1, 0.15) is 5.82 Å². The molecule has 2 fully saturated rings. The fourth-order valence-electron chi connectivity index (χ4n) is 4.24. The Morgan fingerprint density at radius 3 is 2.78 bits per heavy atom. The molecule has 27 heavy (non-hydrogen) atoms. The first-order valence-electron chi connectivity index (χ1n) is 10.7. The van der Waals surface area contributed by atoms with E-state index in [1.165, 1.54) is 18.7 Å². The Bertz CT molecular complexity index is 593. The number of hydrogen-bond donors (Lipinski definition) is 0. The number of morpholine rings is 1. The average Bonchev–Trinajstić information content (AvgIpc) is 3.15. The Labute approximate surface area is 163 Å². The van der Waals surface area contributed by atoms with Crippen molar-refractivity contribution in [1.29, 1.82) is 0 Å². The fourth-order valence-corrected chi connectivity index (χ4v) is 4.24. The summed E-state index contributed by atoms with van der Waals surface area (Å²) in [6.07, 6.45) is 8.99. The molecule has 6 nitrogen and oxygen atoms in total. The summed E-state index contributed by atoms with van der Waals surface area (Å²) in [5, 5.41) is 0. The van der Waals surface area contributed by atoms with E-state index < -0.39 is 0 Å². The van der Waals surface area contributed by atoms with Gasteiger partial charge < -0.3 is 14.2 Å². The lowest BCUT2D eigenvalue weighted by atomic mass is 9.95. The molecule has 1 amide bonds. The number of aromatic nitrogens is 2. The van der Waals surface area contributed by atoms with E-state index in [-0.39, 0.29) is 12.0 Å². The lowest BCUT2D eigenvalue weighted by molar-refractivity contribution is -0.137. The lowest BCUT2D eigenvalue weighted by Gasteiger charge is -2.37. The molecule has 152 valence electrons. The van der Waals surface area contributed by atoms with E-state index in [0.717, 1.165) is 52.2 Å². The predicted molar refractivity (Wildman–Crippen MR) is 107 cm³/mol. The second-order valence-electron chi connectivity index (χ2n) is 8.27. The number of nitrogens with zero attached hydrogens (tertiary/aromatic N) is 4. The second-order valence-corrected chi connectivity index (χ2v) is 8.27. The highest BCUT2D eigenvalue weighted by atomic mass is 16.5. The van der Waals surface area contributed by atoms with Crippen LogP contribution in [0.2, 0.25) is 0 Å². The largest absolute Gasteiger partial charge is 0.375 e. The van der Waals surface area contributed by atoms with Crippen LogP contribution in [0, 0.1) is 0 Å². The number of imidazole rings is 1. The van der Waals surface area contributed by atoms with Crippen molar-refractivity contribution in [3.63, 3.8) is 0 Å². The number of hydrogen-bond acceptors (Lipinski definition) is 4. The summed E-state index contributed by atoms with van der Waals surface area (Å²) in [6, 6.07) is 0.513. The van der Waals surface area contributed by atoms with Crippen LogP contribution in [0.25, 0.3) is 0 Å². The van der Waals surface area contributed by atoms with Crippen molar-refractivity contribution in [2.24, 2.45) is 0 Å². The first-order valence-corrected chi connectivity index (χ1v) is 10.7. The van der Waals surface area contributed by atoms with Crippen molar-refractivity contribution in [3.05, 3.63) is 18.2 Å². The quantitative estimate of drug-likeness (QED) is 0.734. The zero-order valence-corrected chi connectivity index (χ0v) is 17.3. The van der Waals surface area contributed by atoms with Crippen molar-refractivity contribution in [2.45, 2.75) is 77.5 Å². The standard InChI is InChI=1S/C21H36N4O2/c1-4-5-9-24-12-8-22-21(24)18-6-10-23(11-7-18)20(26)15-19-16-25(17(2)3)13-14-27-19/h8,12,17-19H,4-7,9-11,13-16H2,1-3H3/t19-/m0/s1. The van der Waals surface area contributed by atoms with E-state index in [0.29, 0.717) is 18.4 Å². The maximum atomic E-state index is 12.8. The van der Waals surface area contributed by atoms with E-state index in [9.17, 15) is 4.79 Å². The van der Waals surface area contributed by atoms with Gasteiger partial charge in [-0.3, -0.25) is 9.69 Å². The Hall–Kier alpha value is -1.40. The minimum atomic E-state index is 0.0410. The number of amides is 1. The molecule has 0 spiro atoms. The van der Waals surface area contributed by atoms with E-state index >= 15 is 0 Å². The third-order valence-electron chi connectivity index (χ3n) is 6.02. The number of carbonyl (C=O) groups is 1. The molecular formula is C21H36N4O2. The van der Waals surface area contributed by atoms with Crippen LogP contribution in [0.3, 0.4) is 0 Å². The number of likely N-dealkylation sites (tertiary alicyclic amines) is 1. The van der Waals surface area contributed by atoms with Gasteiger partial charge in [-0.1, -0.05) is 13.3 Å². The highest BCUT2D eigenvalue weighted by Gasteiger charge is 2.29. The molecule has 0 aliphatic carbocycles. The minimum Gasteiger partial charge on any atom is -0.375 e.